The molecule has 0 spiro atoms. The maximum absolute atomic E-state index is 13.9. The average Bonchev–Trinajstić information content (AvgIpc) is 3.32. The van der Waals surface area contributed by atoms with Crippen LogP contribution in [-0.2, 0) is 0 Å². The molecular weight excluding hydrogens is 383 g/mol. The molecule has 0 N–H and O–H groups in total. The largest absolute Gasteiger partial charge is 0.497 e. The number of ether oxygens (including phenoxy) is 1. The molecule has 0 amide bonds. The Balaban J connectivity index is 1.34. The summed E-state index contributed by atoms with van der Waals surface area (Å²) in [4.78, 5) is 13.8. The second kappa shape index (κ2) is 6.61. The first-order valence-electron chi connectivity index (χ1n) is 8.71. The second-order valence-electron chi connectivity index (χ2n) is 6.39. The fourth-order valence-corrected chi connectivity index (χ4v) is 5.31. The minimum Gasteiger partial charge on any atom is -0.497 e. The van der Waals surface area contributed by atoms with Crippen LogP contribution in [0.15, 0.2) is 36.4 Å². The number of fused-ring (bicyclic) bond motifs is 2. The Morgan fingerprint density at radius 1 is 0.926 bits per heavy atom. The predicted molar refractivity (Wildman–Crippen MR) is 110 cm³/mol. The van der Waals surface area contributed by atoms with Gasteiger partial charge in [0.25, 0.3) is 0 Å². The van der Waals surface area contributed by atoms with Crippen LogP contribution in [0.5, 0.6) is 5.75 Å². The molecule has 1 aliphatic rings. The summed E-state index contributed by atoms with van der Waals surface area (Å²) in [5, 5.41) is 1.93. The minimum absolute atomic E-state index is 0.251. The number of halogens is 1. The van der Waals surface area contributed by atoms with E-state index in [1.165, 1.54) is 6.07 Å². The summed E-state index contributed by atoms with van der Waals surface area (Å²) in [7, 11) is 1.67. The van der Waals surface area contributed by atoms with Crippen LogP contribution in [-0.4, -0.2) is 43.3 Å². The van der Waals surface area contributed by atoms with Gasteiger partial charge in [-0.05, 0) is 24.3 Å². The molecule has 0 aliphatic carbocycles. The van der Waals surface area contributed by atoms with Crippen molar-refractivity contribution in [1.29, 1.82) is 0 Å². The van der Waals surface area contributed by atoms with Crippen LogP contribution in [0.2, 0.25) is 0 Å². The lowest BCUT2D eigenvalue weighted by Gasteiger charge is -2.34. The van der Waals surface area contributed by atoms with Crippen molar-refractivity contribution in [2.45, 2.75) is 0 Å². The first-order valence-corrected chi connectivity index (χ1v) is 10.3. The third-order valence-electron chi connectivity index (χ3n) is 4.76. The summed E-state index contributed by atoms with van der Waals surface area (Å²) in [6, 6.07) is 11.1. The zero-order valence-electron chi connectivity index (χ0n) is 14.7. The van der Waals surface area contributed by atoms with E-state index in [0.717, 1.165) is 57.1 Å². The summed E-state index contributed by atoms with van der Waals surface area (Å²) in [6.07, 6.45) is 0. The molecule has 1 aliphatic heterocycles. The number of piperazine rings is 1. The van der Waals surface area contributed by atoms with Crippen molar-refractivity contribution in [2.75, 3.05) is 43.1 Å². The number of methoxy groups -OCH3 is 1. The summed E-state index contributed by atoms with van der Waals surface area (Å²) in [5.74, 6) is 0.575. The summed E-state index contributed by atoms with van der Waals surface area (Å²) < 4.78 is 21.3. The van der Waals surface area contributed by atoms with E-state index in [4.69, 9.17) is 9.72 Å². The van der Waals surface area contributed by atoms with E-state index in [1.54, 1.807) is 35.8 Å². The van der Waals surface area contributed by atoms with E-state index >= 15 is 0 Å². The summed E-state index contributed by atoms with van der Waals surface area (Å²) in [6.45, 7) is 3.44. The van der Waals surface area contributed by atoms with Gasteiger partial charge in [-0.1, -0.05) is 28.7 Å². The van der Waals surface area contributed by atoms with Crippen LogP contribution in [0, 0.1) is 5.82 Å². The molecule has 2 aromatic carbocycles. The molecule has 0 atom stereocenters. The highest BCUT2D eigenvalue weighted by Gasteiger charge is 2.22. The SMILES string of the molecule is COc1ccc2sc(N3CCN(c4nc5c(F)cccc5s4)CC3)nc2c1. The third-order valence-corrected chi connectivity index (χ3v) is 6.94. The molecule has 1 saturated heterocycles. The Morgan fingerprint density at radius 2 is 1.63 bits per heavy atom. The molecule has 2 aromatic heterocycles. The summed E-state index contributed by atoms with van der Waals surface area (Å²) >= 11 is 3.26. The molecule has 5 nitrogen and oxygen atoms in total. The highest BCUT2D eigenvalue weighted by atomic mass is 32.1. The Kier molecular flexibility index (Phi) is 4.09. The molecule has 5 rings (SSSR count). The molecule has 8 heteroatoms. The van der Waals surface area contributed by atoms with E-state index in [9.17, 15) is 4.39 Å². The monoisotopic (exact) mass is 400 g/mol. The molecule has 4 aromatic rings. The number of nitrogens with zero attached hydrogens (tertiary/aromatic N) is 4. The van der Waals surface area contributed by atoms with Crippen LogP contribution in [0.4, 0.5) is 14.7 Å². The van der Waals surface area contributed by atoms with Crippen molar-refractivity contribution in [2.24, 2.45) is 0 Å². The summed E-state index contributed by atoms with van der Waals surface area (Å²) in [5.41, 5.74) is 1.44. The zero-order valence-corrected chi connectivity index (χ0v) is 16.3. The van der Waals surface area contributed by atoms with E-state index in [-0.39, 0.29) is 5.82 Å². The number of rotatable bonds is 3. The lowest BCUT2D eigenvalue weighted by atomic mass is 10.3. The van der Waals surface area contributed by atoms with Gasteiger partial charge in [-0.25, -0.2) is 14.4 Å². The smallest absolute Gasteiger partial charge is 0.186 e. The number of hydrogen-bond acceptors (Lipinski definition) is 7. The quantitative estimate of drug-likeness (QED) is 0.510. The van der Waals surface area contributed by atoms with Crippen LogP contribution in [0.3, 0.4) is 0 Å². The standard InChI is InChI=1S/C19H17FN4OS2/c1-25-12-5-6-15-14(11-12)21-18(26-15)23-7-9-24(10-8-23)19-22-17-13(20)3-2-4-16(17)27-19/h2-6,11H,7-10H2,1H3. The lowest BCUT2D eigenvalue weighted by molar-refractivity contribution is 0.415. The van der Waals surface area contributed by atoms with Crippen LogP contribution in [0.1, 0.15) is 0 Å². The normalized spacial score (nSPS) is 15.0. The molecule has 3 heterocycles. The van der Waals surface area contributed by atoms with Crippen molar-refractivity contribution in [3.8, 4) is 5.75 Å². The van der Waals surface area contributed by atoms with Gasteiger partial charge in [-0.2, -0.15) is 0 Å². The van der Waals surface area contributed by atoms with Gasteiger partial charge in [0.1, 0.15) is 17.1 Å². The topological polar surface area (TPSA) is 41.5 Å². The first-order chi connectivity index (χ1) is 13.2. The number of hydrogen-bond donors (Lipinski definition) is 0. The van der Waals surface area contributed by atoms with Gasteiger partial charge in [0.05, 0.1) is 22.0 Å². The maximum atomic E-state index is 13.9. The lowest BCUT2D eigenvalue weighted by Crippen LogP contribution is -2.46. The van der Waals surface area contributed by atoms with Crippen molar-refractivity contribution >= 4 is 53.4 Å². The first kappa shape index (κ1) is 16.7. The molecule has 1 fully saturated rings. The van der Waals surface area contributed by atoms with E-state index in [1.807, 2.05) is 18.2 Å². The van der Waals surface area contributed by atoms with Gasteiger partial charge in [0.2, 0.25) is 0 Å². The Hall–Kier alpha value is -2.45. The molecule has 0 radical (unpaired) electrons. The molecule has 0 saturated carbocycles. The van der Waals surface area contributed by atoms with Gasteiger partial charge in [-0.3, -0.25) is 0 Å². The Morgan fingerprint density at radius 3 is 2.33 bits per heavy atom. The predicted octanol–water partition coefficient (Wildman–Crippen LogP) is 4.38. The molecule has 0 bridgehead atoms. The number of anilines is 2. The fraction of sp³-hybridized carbons (Fsp3) is 0.263. The van der Waals surface area contributed by atoms with Crippen LogP contribution in [0.25, 0.3) is 20.4 Å². The molecular formula is C19H17FN4OS2. The van der Waals surface area contributed by atoms with Crippen LogP contribution >= 0.6 is 22.7 Å². The number of thiazole rings is 2. The number of aromatic nitrogens is 2. The molecule has 0 unspecified atom stereocenters. The highest BCUT2D eigenvalue weighted by molar-refractivity contribution is 7.22. The third kappa shape index (κ3) is 2.98. The average molecular weight is 401 g/mol. The van der Waals surface area contributed by atoms with Gasteiger partial charge < -0.3 is 14.5 Å². The fourth-order valence-electron chi connectivity index (χ4n) is 3.28. The van der Waals surface area contributed by atoms with Crippen molar-refractivity contribution in [3.05, 3.63) is 42.2 Å². The Labute approximate surface area is 163 Å². The van der Waals surface area contributed by atoms with Crippen molar-refractivity contribution < 1.29 is 9.13 Å². The van der Waals surface area contributed by atoms with Crippen molar-refractivity contribution in [3.63, 3.8) is 0 Å². The van der Waals surface area contributed by atoms with E-state index in [0.29, 0.717) is 5.52 Å². The van der Waals surface area contributed by atoms with Gasteiger partial charge in [0.15, 0.2) is 10.3 Å². The Bertz CT molecular complexity index is 1120. The minimum atomic E-state index is -0.251. The van der Waals surface area contributed by atoms with Gasteiger partial charge in [0, 0.05) is 32.2 Å². The zero-order chi connectivity index (χ0) is 18.4. The van der Waals surface area contributed by atoms with Crippen LogP contribution < -0.4 is 14.5 Å². The van der Waals surface area contributed by atoms with Gasteiger partial charge >= 0.3 is 0 Å². The second-order valence-corrected chi connectivity index (χ2v) is 8.41. The maximum Gasteiger partial charge on any atom is 0.186 e. The van der Waals surface area contributed by atoms with E-state index in [2.05, 4.69) is 20.9 Å². The molecule has 138 valence electrons. The number of para-hydroxylation sites is 1. The molecule has 27 heavy (non-hydrogen) atoms. The van der Waals surface area contributed by atoms with Gasteiger partial charge in [-0.15, -0.1) is 0 Å². The highest BCUT2D eigenvalue weighted by Crippen LogP contribution is 2.34. The number of benzene rings is 2. The van der Waals surface area contributed by atoms with E-state index < -0.39 is 0 Å². The van der Waals surface area contributed by atoms with Crippen molar-refractivity contribution in [1.82, 2.24) is 9.97 Å².